The predicted octanol–water partition coefficient (Wildman–Crippen LogP) is 0.705. The molecule has 0 saturated heterocycles. The van der Waals surface area contributed by atoms with Crippen LogP contribution in [0.25, 0.3) is 0 Å². The highest BCUT2D eigenvalue weighted by atomic mass is 27.0. The Kier molecular flexibility index (Phi) is 16.8. The predicted molar refractivity (Wildman–Crippen MR) is 71.1 cm³/mol. The molecule has 5 heteroatoms. The first-order valence-electron chi connectivity index (χ1n) is 5.35. The van der Waals surface area contributed by atoms with Crippen molar-refractivity contribution in [2.24, 2.45) is 0 Å². The molecule has 0 aromatic rings. The molecule has 0 aliphatic rings. The van der Waals surface area contributed by atoms with Crippen molar-refractivity contribution in [3.8, 4) is 0 Å². The van der Waals surface area contributed by atoms with Gasteiger partial charge in [0.2, 0.25) is 0 Å². The maximum atomic E-state index is 10.4. The minimum Gasteiger partial charge on any atom is -0.300 e. The van der Waals surface area contributed by atoms with Gasteiger partial charge in [-0.1, -0.05) is 13.8 Å². The molecular formula is C12H23AlO4. The van der Waals surface area contributed by atoms with Gasteiger partial charge in [0.15, 0.2) is 17.4 Å². The minimum atomic E-state index is -0.0446. The van der Waals surface area contributed by atoms with Crippen molar-refractivity contribution in [1.29, 1.82) is 0 Å². The molecule has 0 bridgehead atoms. The quantitative estimate of drug-likeness (QED) is 0.519. The van der Waals surface area contributed by atoms with Crippen molar-refractivity contribution in [2.75, 3.05) is 0 Å². The van der Waals surface area contributed by atoms with Gasteiger partial charge >= 0.3 is 0 Å². The summed E-state index contributed by atoms with van der Waals surface area (Å²) in [4.78, 5) is 41.2. The van der Waals surface area contributed by atoms with Crippen LogP contribution in [0.2, 0.25) is 0 Å². The first-order chi connectivity index (χ1) is 7.33. The Balaban J connectivity index is -0.000000218. The molecule has 0 aromatic carbocycles. The third-order valence-corrected chi connectivity index (χ3v) is 1.68. The van der Waals surface area contributed by atoms with E-state index in [0.717, 1.165) is 0 Å². The maximum Gasteiger partial charge on any atom is 0.187 e. The monoisotopic (exact) mass is 258 g/mol. The summed E-state index contributed by atoms with van der Waals surface area (Å²) < 4.78 is 0. The standard InChI is InChI=1S/2C6H10O2.Al.3H/c2*1-3-6(8)4-5(2)7;;;;/h2*3-4H2,1-2H3;;;;. The first-order valence-corrected chi connectivity index (χ1v) is 5.35. The largest absolute Gasteiger partial charge is 0.300 e. The van der Waals surface area contributed by atoms with Crippen LogP contribution in [0.3, 0.4) is 0 Å². The molecule has 0 aliphatic carbocycles. The van der Waals surface area contributed by atoms with Gasteiger partial charge in [-0.15, -0.1) is 0 Å². The van der Waals surface area contributed by atoms with Crippen molar-refractivity contribution in [3.05, 3.63) is 0 Å². The van der Waals surface area contributed by atoms with Gasteiger partial charge in [-0.3, -0.25) is 19.2 Å². The van der Waals surface area contributed by atoms with Crippen LogP contribution in [0.15, 0.2) is 0 Å². The Morgan fingerprint density at radius 3 is 1.00 bits per heavy atom. The van der Waals surface area contributed by atoms with Crippen LogP contribution in [0.1, 0.15) is 53.4 Å². The summed E-state index contributed by atoms with van der Waals surface area (Å²) in [6.45, 7) is 6.36. The molecule has 0 aromatic heterocycles. The molecular weight excluding hydrogens is 235 g/mol. The Labute approximate surface area is 113 Å². The zero-order chi connectivity index (χ0) is 13.1. The van der Waals surface area contributed by atoms with E-state index in [9.17, 15) is 19.2 Å². The molecule has 0 unspecified atom stereocenters. The molecule has 0 heterocycles. The SMILES string of the molecule is CCC(=O)CC(C)=O.CCC(=O)CC(C)=O.[AlH3]. The fourth-order valence-electron chi connectivity index (χ4n) is 0.805. The van der Waals surface area contributed by atoms with E-state index in [1.807, 2.05) is 0 Å². The Bertz CT molecular complexity index is 244. The summed E-state index contributed by atoms with van der Waals surface area (Å²) in [6.07, 6.45) is 1.16. The number of Topliss-reactive ketones (excluding diaryl/α,β-unsaturated/α-hetero) is 4. The Morgan fingerprint density at radius 1 is 0.706 bits per heavy atom. The number of hydrogen-bond donors (Lipinski definition) is 0. The normalized spacial score (nSPS) is 8.24. The van der Waals surface area contributed by atoms with E-state index in [1.165, 1.54) is 13.8 Å². The second-order valence-corrected chi connectivity index (χ2v) is 3.54. The highest BCUT2D eigenvalue weighted by Crippen LogP contribution is 1.88. The average Bonchev–Trinajstić information content (AvgIpc) is 2.16. The fraction of sp³-hybridized carbons (Fsp3) is 0.667. The highest BCUT2D eigenvalue weighted by molar-refractivity contribution is 5.98. The molecule has 0 atom stereocenters. The van der Waals surface area contributed by atoms with E-state index in [4.69, 9.17) is 0 Å². The second-order valence-electron chi connectivity index (χ2n) is 3.54. The van der Waals surface area contributed by atoms with Crippen molar-refractivity contribution in [1.82, 2.24) is 0 Å². The molecule has 0 amide bonds. The smallest absolute Gasteiger partial charge is 0.187 e. The van der Waals surface area contributed by atoms with Gasteiger partial charge in [-0.05, 0) is 13.8 Å². The van der Waals surface area contributed by atoms with Crippen LogP contribution in [0.4, 0.5) is 0 Å². The molecule has 17 heavy (non-hydrogen) atoms. The van der Waals surface area contributed by atoms with Crippen LogP contribution in [0, 0.1) is 0 Å². The lowest BCUT2D eigenvalue weighted by Gasteiger charge is -1.87. The lowest BCUT2D eigenvalue weighted by molar-refractivity contribution is -0.127. The Morgan fingerprint density at radius 2 is 0.941 bits per heavy atom. The molecule has 98 valence electrons. The summed E-state index contributed by atoms with van der Waals surface area (Å²) in [5.41, 5.74) is 0. The van der Waals surface area contributed by atoms with Crippen LogP contribution < -0.4 is 0 Å². The summed E-state index contributed by atoms with van der Waals surface area (Å²) in [6, 6.07) is 0. The fourth-order valence-corrected chi connectivity index (χ4v) is 0.805. The van der Waals surface area contributed by atoms with Gasteiger partial charge in [0, 0.05) is 12.8 Å². The molecule has 0 rings (SSSR count). The first kappa shape index (κ1) is 21.5. The van der Waals surface area contributed by atoms with Crippen LogP contribution >= 0.6 is 0 Å². The van der Waals surface area contributed by atoms with Crippen LogP contribution in [-0.4, -0.2) is 40.5 Å². The molecule has 0 spiro atoms. The molecule has 0 fully saturated rings. The van der Waals surface area contributed by atoms with Gasteiger partial charge in [0.25, 0.3) is 0 Å². The lowest BCUT2D eigenvalue weighted by atomic mass is 10.2. The van der Waals surface area contributed by atoms with E-state index in [2.05, 4.69) is 0 Å². The summed E-state index contributed by atoms with van der Waals surface area (Å²) >= 11 is 0. The van der Waals surface area contributed by atoms with Crippen molar-refractivity contribution < 1.29 is 19.2 Å². The molecule has 0 aliphatic heterocycles. The minimum absolute atomic E-state index is 0. The molecule has 0 radical (unpaired) electrons. The molecule has 0 N–H and O–H groups in total. The number of hydrogen-bond acceptors (Lipinski definition) is 4. The number of ketones is 4. The highest BCUT2D eigenvalue weighted by Gasteiger charge is 2.00. The van der Waals surface area contributed by atoms with Crippen LogP contribution in [0.5, 0.6) is 0 Å². The van der Waals surface area contributed by atoms with Gasteiger partial charge in [-0.25, -0.2) is 0 Å². The summed E-state index contributed by atoms with van der Waals surface area (Å²) in [5, 5.41) is 0. The van der Waals surface area contributed by atoms with E-state index >= 15 is 0 Å². The maximum absolute atomic E-state index is 10.4. The number of carbonyl (C=O) groups is 4. The van der Waals surface area contributed by atoms with Crippen molar-refractivity contribution in [3.63, 3.8) is 0 Å². The third kappa shape index (κ3) is 21.1. The van der Waals surface area contributed by atoms with Crippen LogP contribution in [-0.2, 0) is 19.2 Å². The Hall–Kier alpha value is -0.788. The third-order valence-electron chi connectivity index (χ3n) is 1.68. The van der Waals surface area contributed by atoms with Crippen molar-refractivity contribution in [2.45, 2.75) is 53.4 Å². The summed E-state index contributed by atoms with van der Waals surface area (Å²) in [5.74, 6) is -0.0382. The molecule has 4 nitrogen and oxygen atoms in total. The number of rotatable bonds is 6. The average molecular weight is 258 g/mol. The van der Waals surface area contributed by atoms with E-state index < -0.39 is 0 Å². The number of carbonyl (C=O) groups excluding carboxylic acids is 4. The topological polar surface area (TPSA) is 68.3 Å². The van der Waals surface area contributed by atoms with Gasteiger partial charge < -0.3 is 0 Å². The van der Waals surface area contributed by atoms with Gasteiger partial charge in [0.05, 0.1) is 12.8 Å². The van der Waals surface area contributed by atoms with Gasteiger partial charge in [-0.2, -0.15) is 0 Å². The second kappa shape index (κ2) is 13.3. The zero-order valence-corrected chi connectivity index (χ0v) is 10.5. The van der Waals surface area contributed by atoms with E-state index in [-0.39, 0.29) is 53.3 Å². The van der Waals surface area contributed by atoms with E-state index in [1.54, 1.807) is 13.8 Å². The van der Waals surface area contributed by atoms with Crippen molar-refractivity contribution >= 4 is 40.5 Å². The summed E-state index contributed by atoms with van der Waals surface area (Å²) in [7, 11) is 0. The van der Waals surface area contributed by atoms with E-state index in [0.29, 0.717) is 12.8 Å². The lowest BCUT2D eigenvalue weighted by Crippen LogP contribution is -2.01. The molecule has 0 saturated carbocycles. The van der Waals surface area contributed by atoms with Gasteiger partial charge in [0.1, 0.15) is 23.1 Å². The zero-order valence-electron chi connectivity index (χ0n) is 10.5.